The third-order valence-electron chi connectivity index (χ3n) is 4.89. The Hall–Kier alpha value is -2.69. The summed E-state index contributed by atoms with van der Waals surface area (Å²) in [6, 6.07) is 23.2. The van der Waals surface area contributed by atoms with E-state index in [-0.39, 0.29) is 0 Å². The van der Waals surface area contributed by atoms with Gasteiger partial charge in [0.25, 0.3) is 0 Å². The van der Waals surface area contributed by atoms with Gasteiger partial charge in [-0.1, -0.05) is 71.4 Å². The number of carbonyl (C=O) groups excluding carboxylic acids is 1. The first kappa shape index (κ1) is 23.5. The molecule has 0 saturated carbocycles. The number of carbonyl (C=O) groups is 1. The number of benzene rings is 2. The molecule has 1 unspecified atom stereocenters. The van der Waals surface area contributed by atoms with Crippen LogP contribution in [-0.2, 0) is 17.0 Å². The van der Waals surface area contributed by atoms with E-state index in [1.807, 2.05) is 67.6 Å². The van der Waals surface area contributed by atoms with Crippen molar-refractivity contribution in [3.05, 3.63) is 88.2 Å². The highest BCUT2D eigenvalue weighted by molar-refractivity contribution is 8.25. The van der Waals surface area contributed by atoms with Gasteiger partial charge in [-0.15, -0.1) is 22.7 Å². The fraction of sp³-hybridized carbons (Fsp3) is 0.167. The van der Waals surface area contributed by atoms with Crippen LogP contribution in [0.25, 0.3) is 11.3 Å². The summed E-state index contributed by atoms with van der Waals surface area (Å²) < 4.78 is 19.7. The number of thiazole rings is 1. The summed E-state index contributed by atoms with van der Waals surface area (Å²) in [6.07, 6.45) is 1.75. The van der Waals surface area contributed by atoms with Crippen molar-refractivity contribution in [2.24, 2.45) is 0 Å². The zero-order chi connectivity index (χ0) is 23.3. The van der Waals surface area contributed by atoms with Crippen molar-refractivity contribution in [3.8, 4) is 11.3 Å². The van der Waals surface area contributed by atoms with Gasteiger partial charge in [-0.3, -0.25) is 14.1 Å². The molecule has 4 rings (SSSR count). The molecule has 2 aromatic carbocycles. The molecule has 0 radical (unpaired) electrons. The SMILES string of the molecule is COS(O)(NC(=O)Nc1sc(C)nc1-c1ccccc1)c1ccc(CCc2ccccc2)s1. The molecule has 172 valence electrons. The fourth-order valence-electron chi connectivity index (χ4n) is 3.29. The second kappa shape index (κ2) is 10.5. The van der Waals surface area contributed by atoms with Crippen LogP contribution in [0.15, 0.2) is 77.0 Å². The molecule has 2 amide bonds. The fourth-order valence-corrected chi connectivity index (χ4v) is 6.86. The van der Waals surface area contributed by atoms with Crippen LogP contribution in [0.5, 0.6) is 0 Å². The van der Waals surface area contributed by atoms with Crippen LogP contribution in [-0.4, -0.2) is 22.7 Å². The minimum Gasteiger partial charge on any atom is -0.296 e. The number of hydrogen-bond acceptors (Lipinski definition) is 6. The van der Waals surface area contributed by atoms with Crippen LogP contribution in [0.2, 0.25) is 0 Å². The van der Waals surface area contributed by atoms with Gasteiger partial charge in [-0.2, -0.15) is 0 Å². The summed E-state index contributed by atoms with van der Waals surface area (Å²) in [5.74, 6) is 0. The van der Waals surface area contributed by atoms with Crippen molar-refractivity contribution in [3.63, 3.8) is 0 Å². The van der Waals surface area contributed by atoms with Crippen LogP contribution < -0.4 is 10.0 Å². The number of nitrogens with zero attached hydrogens (tertiary/aromatic N) is 1. The van der Waals surface area contributed by atoms with Gasteiger partial charge in [0.1, 0.15) is 14.9 Å². The van der Waals surface area contributed by atoms with Gasteiger partial charge in [-0.25, -0.2) is 14.5 Å². The second-order valence-corrected chi connectivity index (χ2v) is 11.9. The lowest BCUT2D eigenvalue weighted by molar-refractivity contribution is 0.255. The third kappa shape index (κ3) is 5.82. The zero-order valence-electron chi connectivity index (χ0n) is 18.3. The summed E-state index contributed by atoms with van der Waals surface area (Å²) in [5, 5.41) is 4.28. The molecule has 3 N–H and O–H groups in total. The van der Waals surface area contributed by atoms with Crippen LogP contribution in [0.3, 0.4) is 0 Å². The molecule has 0 saturated heterocycles. The van der Waals surface area contributed by atoms with Gasteiger partial charge in [0, 0.05) is 10.4 Å². The Morgan fingerprint density at radius 2 is 1.70 bits per heavy atom. The minimum absolute atomic E-state index is 0.547. The predicted octanol–water partition coefficient (Wildman–Crippen LogP) is 6.90. The highest BCUT2D eigenvalue weighted by Gasteiger charge is 2.25. The van der Waals surface area contributed by atoms with E-state index in [1.165, 1.54) is 35.3 Å². The Morgan fingerprint density at radius 3 is 2.39 bits per heavy atom. The Labute approximate surface area is 203 Å². The first-order valence-corrected chi connectivity index (χ1v) is 13.5. The first-order valence-electron chi connectivity index (χ1n) is 10.3. The number of anilines is 1. The summed E-state index contributed by atoms with van der Waals surface area (Å²) >= 11 is 2.83. The topological polar surface area (TPSA) is 83.5 Å². The Bertz CT molecular complexity index is 1210. The molecular weight excluding hydrogens is 474 g/mol. The maximum absolute atomic E-state index is 12.8. The average Bonchev–Trinajstić information content (AvgIpc) is 3.46. The summed E-state index contributed by atoms with van der Waals surface area (Å²) in [6.45, 7) is 1.89. The molecule has 1 atom stereocenters. The number of aryl methyl sites for hydroxylation is 3. The minimum atomic E-state index is -2.97. The Balaban J connectivity index is 1.44. The highest BCUT2D eigenvalue weighted by Crippen LogP contribution is 2.52. The summed E-state index contributed by atoms with van der Waals surface area (Å²) in [4.78, 5) is 18.5. The lowest BCUT2D eigenvalue weighted by Gasteiger charge is -2.35. The number of urea groups is 1. The monoisotopic (exact) mass is 499 g/mol. The number of rotatable bonds is 8. The van der Waals surface area contributed by atoms with E-state index in [0.717, 1.165) is 28.3 Å². The molecule has 0 aliphatic rings. The van der Waals surface area contributed by atoms with Crippen molar-refractivity contribution in [2.75, 3.05) is 12.4 Å². The predicted molar refractivity (Wildman–Crippen MR) is 138 cm³/mol. The molecule has 2 heterocycles. The van der Waals surface area contributed by atoms with E-state index in [9.17, 15) is 9.35 Å². The van der Waals surface area contributed by atoms with Crippen LogP contribution in [0, 0.1) is 6.92 Å². The molecule has 6 nitrogen and oxygen atoms in total. The highest BCUT2D eigenvalue weighted by atomic mass is 32.3. The number of thiophene rings is 1. The molecular formula is C24H25N3O3S3. The van der Waals surface area contributed by atoms with Gasteiger partial charge in [0.15, 0.2) is 0 Å². The third-order valence-corrected chi connectivity index (χ3v) is 9.27. The lowest BCUT2D eigenvalue weighted by atomic mass is 10.1. The molecule has 0 aliphatic carbocycles. The molecule has 2 aromatic heterocycles. The molecule has 4 aromatic rings. The van der Waals surface area contributed by atoms with Crippen LogP contribution >= 0.6 is 33.4 Å². The van der Waals surface area contributed by atoms with E-state index < -0.39 is 16.8 Å². The van der Waals surface area contributed by atoms with E-state index in [4.69, 9.17) is 4.18 Å². The number of amides is 2. The Kier molecular flexibility index (Phi) is 7.46. The molecule has 9 heteroatoms. The molecule has 0 spiro atoms. The number of hydrogen-bond donors (Lipinski definition) is 3. The quantitative estimate of drug-likeness (QED) is 0.246. The number of nitrogens with one attached hydrogen (secondary N) is 2. The van der Waals surface area contributed by atoms with Crippen LogP contribution in [0.4, 0.5) is 9.80 Å². The maximum Gasteiger partial charge on any atom is 0.338 e. The second-order valence-electron chi connectivity index (χ2n) is 7.23. The number of aromatic nitrogens is 1. The smallest absolute Gasteiger partial charge is 0.296 e. The Morgan fingerprint density at radius 1 is 1.00 bits per heavy atom. The van der Waals surface area contributed by atoms with E-state index in [2.05, 4.69) is 27.2 Å². The first-order chi connectivity index (χ1) is 16.0. The van der Waals surface area contributed by atoms with E-state index in [0.29, 0.717) is 14.9 Å². The van der Waals surface area contributed by atoms with Crippen molar-refractivity contribution < 1.29 is 13.5 Å². The van der Waals surface area contributed by atoms with Gasteiger partial charge >= 0.3 is 6.03 Å². The maximum atomic E-state index is 12.8. The summed E-state index contributed by atoms with van der Waals surface area (Å²) in [5.41, 5.74) is 2.87. The van der Waals surface area contributed by atoms with Gasteiger partial charge in [0.05, 0.1) is 12.1 Å². The van der Waals surface area contributed by atoms with Crippen molar-refractivity contribution >= 4 is 44.5 Å². The van der Waals surface area contributed by atoms with Gasteiger partial charge in [-0.05, 0) is 37.5 Å². The normalized spacial score (nSPS) is 13.8. The van der Waals surface area contributed by atoms with Crippen molar-refractivity contribution in [1.82, 2.24) is 9.71 Å². The van der Waals surface area contributed by atoms with Crippen molar-refractivity contribution in [1.29, 1.82) is 0 Å². The van der Waals surface area contributed by atoms with Gasteiger partial charge in [0.2, 0.25) is 0 Å². The average molecular weight is 500 g/mol. The van der Waals surface area contributed by atoms with E-state index in [1.54, 1.807) is 0 Å². The molecule has 33 heavy (non-hydrogen) atoms. The zero-order valence-corrected chi connectivity index (χ0v) is 20.7. The molecule has 0 bridgehead atoms. The molecule has 0 aliphatic heterocycles. The molecule has 0 fully saturated rings. The summed E-state index contributed by atoms with van der Waals surface area (Å²) in [7, 11) is -1.57. The van der Waals surface area contributed by atoms with Crippen molar-refractivity contribution in [2.45, 2.75) is 24.0 Å². The lowest BCUT2D eigenvalue weighted by Crippen LogP contribution is -2.32. The van der Waals surface area contributed by atoms with E-state index >= 15 is 0 Å². The standard InChI is InChI=1S/C24H25N3O3S3/c1-17-25-22(19-11-7-4-8-12-19)23(31-17)26-24(28)27-33(29,30-2)21-16-15-20(32-21)14-13-18-9-5-3-6-10-18/h3-12,15-16,29H,13-14H2,1-2H3,(H2,26,27,28). The largest absolute Gasteiger partial charge is 0.338 e. The van der Waals surface area contributed by atoms with Gasteiger partial charge < -0.3 is 0 Å². The van der Waals surface area contributed by atoms with Crippen LogP contribution in [0.1, 0.15) is 15.4 Å².